The number of aliphatic hydroxyl groups excluding tert-OH is 1. The molecule has 0 aliphatic carbocycles. The van der Waals surface area contributed by atoms with Crippen molar-refractivity contribution in [1.82, 2.24) is 15.1 Å². The number of benzene rings is 1. The van der Waals surface area contributed by atoms with E-state index in [1.165, 1.54) is 0 Å². The molecule has 160 valence electrons. The summed E-state index contributed by atoms with van der Waals surface area (Å²) in [6.07, 6.45) is 0.874. The van der Waals surface area contributed by atoms with Crippen LogP contribution in [0.15, 0.2) is 29.3 Å². The van der Waals surface area contributed by atoms with Gasteiger partial charge in [0.1, 0.15) is 6.10 Å². The van der Waals surface area contributed by atoms with E-state index in [0.29, 0.717) is 36.9 Å². The number of hydrogen-bond donors (Lipinski definition) is 2. The zero-order valence-corrected chi connectivity index (χ0v) is 17.8. The van der Waals surface area contributed by atoms with Crippen molar-refractivity contribution in [2.75, 3.05) is 52.5 Å². The zero-order chi connectivity index (χ0) is 20.6. The molecule has 2 aliphatic rings. The van der Waals surface area contributed by atoms with Gasteiger partial charge < -0.3 is 25.0 Å². The van der Waals surface area contributed by atoms with Crippen molar-refractivity contribution in [3.8, 4) is 0 Å². The molecule has 0 bridgehead atoms. The van der Waals surface area contributed by atoms with Crippen molar-refractivity contribution in [3.05, 3.63) is 34.9 Å². The number of aliphatic hydroxyl groups is 1. The van der Waals surface area contributed by atoms with Crippen LogP contribution in [0.25, 0.3) is 0 Å². The van der Waals surface area contributed by atoms with Gasteiger partial charge in [0.15, 0.2) is 5.96 Å². The van der Waals surface area contributed by atoms with Crippen molar-refractivity contribution in [2.24, 2.45) is 10.9 Å². The number of morpholine rings is 1. The first kappa shape index (κ1) is 21.9. The number of hydrogen-bond acceptors (Lipinski definition) is 4. The summed E-state index contributed by atoms with van der Waals surface area (Å²) < 4.78 is 5.34. The van der Waals surface area contributed by atoms with E-state index in [9.17, 15) is 9.90 Å². The molecule has 0 radical (unpaired) electrons. The lowest BCUT2D eigenvalue weighted by Gasteiger charge is -2.36. The van der Waals surface area contributed by atoms with Gasteiger partial charge in [0, 0.05) is 49.2 Å². The van der Waals surface area contributed by atoms with Crippen LogP contribution in [0.5, 0.6) is 0 Å². The Morgan fingerprint density at radius 1 is 1.24 bits per heavy atom. The molecule has 2 aliphatic heterocycles. The first-order chi connectivity index (χ1) is 14.1. The molecule has 2 saturated heterocycles. The maximum absolute atomic E-state index is 12.7. The molecule has 1 amide bonds. The fraction of sp³-hybridized carbons (Fsp3) is 0.619. The smallest absolute Gasteiger partial charge is 0.225 e. The number of piperidine rings is 1. The number of nitrogens with zero attached hydrogens (tertiary/aromatic N) is 3. The monoisotopic (exact) mass is 422 g/mol. The summed E-state index contributed by atoms with van der Waals surface area (Å²) in [6, 6.07) is 7.29. The number of halogens is 1. The van der Waals surface area contributed by atoms with E-state index in [0.717, 1.165) is 38.4 Å². The maximum Gasteiger partial charge on any atom is 0.225 e. The van der Waals surface area contributed by atoms with Gasteiger partial charge in [-0.05, 0) is 25.8 Å². The van der Waals surface area contributed by atoms with Gasteiger partial charge in [-0.2, -0.15) is 0 Å². The predicted molar refractivity (Wildman–Crippen MR) is 114 cm³/mol. The lowest BCUT2D eigenvalue weighted by Crippen LogP contribution is -2.50. The molecule has 0 spiro atoms. The average molecular weight is 423 g/mol. The first-order valence-electron chi connectivity index (χ1n) is 10.4. The molecular weight excluding hydrogens is 392 g/mol. The number of rotatable bonds is 5. The summed E-state index contributed by atoms with van der Waals surface area (Å²) in [4.78, 5) is 21.5. The van der Waals surface area contributed by atoms with Crippen molar-refractivity contribution >= 4 is 23.5 Å². The van der Waals surface area contributed by atoms with Gasteiger partial charge in [0.05, 0.1) is 19.8 Å². The van der Waals surface area contributed by atoms with E-state index in [4.69, 9.17) is 16.3 Å². The molecule has 2 heterocycles. The number of carbonyl (C=O) groups is 1. The summed E-state index contributed by atoms with van der Waals surface area (Å²) in [5, 5.41) is 14.3. The van der Waals surface area contributed by atoms with Gasteiger partial charge in [-0.15, -0.1) is 0 Å². The van der Waals surface area contributed by atoms with Crippen molar-refractivity contribution in [3.63, 3.8) is 0 Å². The highest BCUT2D eigenvalue weighted by atomic mass is 35.5. The zero-order valence-electron chi connectivity index (χ0n) is 17.0. The Hall–Kier alpha value is -1.83. The Bertz CT molecular complexity index is 701. The molecule has 1 atom stereocenters. The number of aliphatic imine (C=N–C) groups is 1. The van der Waals surface area contributed by atoms with Crippen LogP contribution >= 0.6 is 11.6 Å². The third-order valence-corrected chi connectivity index (χ3v) is 5.82. The Morgan fingerprint density at radius 2 is 1.93 bits per heavy atom. The third kappa shape index (κ3) is 5.84. The SMILES string of the molecule is CCNC(=NCC(O)c1ccccc1Cl)N1CCC(C(=O)N2CCOCC2)CC1. The molecule has 8 heteroatoms. The van der Waals surface area contributed by atoms with Gasteiger partial charge in [0.2, 0.25) is 5.91 Å². The van der Waals surface area contributed by atoms with E-state index in [1.807, 2.05) is 30.0 Å². The van der Waals surface area contributed by atoms with Crippen LogP contribution in [0.3, 0.4) is 0 Å². The molecule has 1 aromatic rings. The maximum atomic E-state index is 12.7. The summed E-state index contributed by atoms with van der Waals surface area (Å²) in [7, 11) is 0. The number of guanidine groups is 1. The first-order valence-corrected chi connectivity index (χ1v) is 10.8. The van der Waals surface area contributed by atoms with Gasteiger partial charge in [-0.25, -0.2) is 0 Å². The van der Waals surface area contributed by atoms with Crippen LogP contribution in [0, 0.1) is 5.92 Å². The molecule has 7 nitrogen and oxygen atoms in total. The molecule has 2 N–H and O–H groups in total. The lowest BCUT2D eigenvalue weighted by molar-refractivity contribution is -0.140. The van der Waals surface area contributed by atoms with Gasteiger partial charge in [0.25, 0.3) is 0 Å². The van der Waals surface area contributed by atoms with E-state index >= 15 is 0 Å². The van der Waals surface area contributed by atoms with E-state index in [-0.39, 0.29) is 18.4 Å². The molecule has 0 saturated carbocycles. The lowest BCUT2D eigenvalue weighted by atomic mass is 9.95. The number of likely N-dealkylation sites (tertiary alicyclic amines) is 1. The van der Waals surface area contributed by atoms with Crippen LogP contribution in [0.4, 0.5) is 0 Å². The Balaban J connectivity index is 1.56. The second-order valence-corrected chi connectivity index (χ2v) is 7.84. The average Bonchev–Trinajstić information content (AvgIpc) is 2.77. The summed E-state index contributed by atoms with van der Waals surface area (Å²) in [5.74, 6) is 1.10. The molecule has 0 aromatic heterocycles. The number of nitrogens with one attached hydrogen (secondary N) is 1. The number of carbonyl (C=O) groups excluding carboxylic acids is 1. The minimum absolute atomic E-state index is 0.0703. The molecule has 3 rings (SSSR count). The summed E-state index contributed by atoms with van der Waals surface area (Å²) >= 11 is 6.18. The quantitative estimate of drug-likeness (QED) is 0.560. The minimum atomic E-state index is -0.752. The van der Waals surface area contributed by atoms with Gasteiger partial charge in [-0.1, -0.05) is 29.8 Å². The third-order valence-electron chi connectivity index (χ3n) is 5.48. The number of ether oxygens (including phenoxy) is 1. The molecular formula is C21H31ClN4O3. The highest BCUT2D eigenvalue weighted by Crippen LogP contribution is 2.23. The molecule has 29 heavy (non-hydrogen) atoms. The van der Waals surface area contributed by atoms with E-state index in [2.05, 4.69) is 15.2 Å². The normalized spacial score (nSPS) is 19.9. The minimum Gasteiger partial charge on any atom is -0.386 e. The topological polar surface area (TPSA) is 77.4 Å². The van der Waals surface area contributed by atoms with Crippen LogP contribution in [-0.2, 0) is 9.53 Å². The van der Waals surface area contributed by atoms with Crippen LogP contribution in [-0.4, -0.2) is 79.3 Å². The fourth-order valence-corrected chi connectivity index (χ4v) is 4.08. The van der Waals surface area contributed by atoms with Crippen LogP contribution in [0.2, 0.25) is 5.02 Å². The van der Waals surface area contributed by atoms with E-state index < -0.39 is 6.10 Å². The molecule has 1 aromatic carbocycles. The van der Waals surface area contributed by atoms with Crippen molar-refractivity contribution in [2.45, 2.75) is 25.9 Å². The van der Waals surface area contributed by atoms with Gasteiger partial charge in [-0.3, -0.25) is 9.79 Å². The van der Waals surface area contributed by atoms with E-state index in [1.54, 1.807) is 6.07 Å². The fourth-order valence-electron chi connectivity index (χ4n) is 3.82. The van der Waals surface area contributed by atoms with Crippen LogP contribution < -0.4 is 5.32 Å². The molecule has 1 unspecified atom stereocenters. The largest absolute Gasteiger partial charge is 0.386 e. The van der Waals surface area contributed by atoms with Crippen molar-refractivity contribution in [1.29, 1.82) is 0 Å². The Labute approximate surface area is 177 Å². The second kappa shape index (κ2) is 10.8. The Morgan fingerprint density at radius 3 is 2.59 bits per heavy atom. The van der Waals surface area contributed by atoms with Gasteiger partial charge >= 0.3 is 0 Å². The summed E-state index contributed by atoms with van der Waals surface area (Å²) in [6.45, 7) is 7.21. The highest BCUT2D eigenvalue weighted by molar-refractivity contribution is 6.31. The standard InChI is InChI=1S/C21H31ClN4O3/c1-2-23-21(24-15-19(27)17-5-3-4-6-18(17)22)26-9-7-16(8-10-26)20(28)25-11-13-29-14-12-25/h3-6,16,19,27H,2,7-15H2,1H3,(H,23,24). The second-order valence-electron chi connectivity index (χ2n) is 7.43. The molecule has 2 fully saturated rings. The number of amides is 1. The van der Waals surface area contributed by atoms with Crippen LogP contribution in [0.1, 0.15) is 31.4 Å². The predicted octanol–water partition coefficient (Wildman–Crippen LogP) is 1.91. The van der Waals surface area contributed by atoms with Crippen molar-refractivity contribution < 1.29 is 14.6 Å². The Kier molecular flexibility index (Phi) is 8.15. The summed E-state index contributed by atoms with van der Waals surface area (Å²) in [5.41, 5.74) is 0.684. The highest BCUT2D eigenvalue weighted by Gasteiger charge is 2.30.